The minimum atomic E-state index is -0.616. The zero-order valence-electron chi connectivity index (χ0n) is 25.6. The minimum absolute atomic E-state index is 0.181. The zero-order chi connectivity index (χ0) is 30.2. The van der Waals surface area contributed by atoms with E-state index in [0.717, 1.165) is 69.4 Å². The largest absolute Gasteiger partial charge is 0.497 e. The SMILES string of the molecule is CCCCC(OCc1ccc(OC)cc1)n1nnc2c(C)c(C(CC(=O)OCC)c3ccc(C)c([C@H](C)O)c3)ccc21. The Kier molecular flexibility index (Phi) is 10.7. The Bertz CT molecular complexity index is 1480. The summed E-state index contributed by atoms with van der Waals surface area (Å²) in [6.07, 6.45) is 2.13. The van der Waals surface area contributed by atoms with E-state index in [1.807, 2.05) is 74.0 Å². The first-order valence-corrected chi connectivity index (χ1v) is 14.8. The first-order chi connectivity index (χ1) is 20.3. The van der Waals surface area contributed by atoms with Crippen molar-refractivity contribution in [2.24, 2.45) is 0 Å². The Morgan fingerprint density at radius 2 is 1.79 bits per heavy atom. The monoisotopic (exact) mass is 573 g/mol. The number of hydrogen-bond acceptors (Lipinski definition) is 7. The molecule has 0 saturated heterocycles. The molecule has 1 aromatic heterocycles. The van der Waals surface area contributed by atoms with Gasteiger partial charge >= 0.3 is 5.97 Å². The summed E-state index contributed by atoms with van der Waals surface area (Å²) in [6, 6.07) is 18.0. The number of aliphatic hydroxyl groups excluding tert-OH is 1. The van der Waals surface area contributed by atoms with Crippen molar-refractivity contribution in [2.75, 3.05) is 13.7 Å². The maximum absolute atomic E-state index is 12.8. The fraction of sp³-hybridized carbons (Fsp3) is 0.441. The Labute approximate surface area is 248 Å². The van der Waals surface area contributed by atoms with Crippen LogP contribution in [0.3, 0.4) is 0 Å². The first-order valence-electron chi connectivity index (χ1n) is 14.8. The molecule has 0 saturated carbocycles. The van der Waals surface area contributed by atoms with Crippen LogP contribution in [-0.4, -0.2) is 39.8 Å². The van der Waals surface area contributed by atoms with Gasteiger partial charge in [0.05, 0.1) is 38.4 Å². The van der Waals surface area contributed by atoms with Crippen molar-refractivity contribution in [1.82, 2.24) is 15.0 Å². The maximum atomic E-state index is 12.8. The summed E-state index contributed by atoms with van der Waals surface area (Å²) >= 11 is 0. The molecule has 1 N–H and O–H groups in total. The minimum Gasteiger partial charge on any atom is -0.497 e. The molecule has 8 nitrogen and oxygen atoms in total. The molecule has 3 aromatic carbocycles. The van der Waals surface area contributed by atoms with E-state index < -0.39 is 6.10 Å². The topological polar surface area (TPSA) is 95.7 Å². The van der Waals surface area contributed by atoms with Gasteiger partial charge in [0.1, 0.15) is 11.3 Å². The van der Waals surface area contributed by atoms with Crippen molar-refractivity contribution >= 4 is 17.0 Å². The van der Waals surface area contributed by atoms with E-state index in [4.69, 9.17) is 14.2 Å². The Morgan fingerprint density at radius 1 is 1.02 bits per heavy atom. The number of aromatic nitrogens is 3. The fourth-order valence-corrected chi connectivity index (χ4v) is 5.43. The number of carbonyl (C=O) groups excluding carboxylic acids is 1. The average Bonchev–Trinajstić information content (AvgIpc) is 3.42. The van der Waals surface area contributed by atoms with Crippen molar-refractivity contribution in [3.05, 3.63) is 88.0 Å². The molecule has 0 aliphatic carbocycles. The highest BCUT2D eigenvalue weighted by molar-refractivity contribution is 5.80. The molecular weight excluding hydrogens is 530 g/mol. The van der Waals surface area contributed by atoms with Crippen LogP contribution >= 0.6 is 0 Å². The van der Waals surface area contributed by atoms with Crippen LogP contribution in [0.15, 0.2) is 54.6 Å². The molecule has 0 fully saturated rings. The molecule has 0 amide bonds. The predicted molar refractivity (Wildman–Crippen MR) is 164 cm³/mol. The summed E-state index contributed by atoms with van der Waals surface area (Å²) in [5.74, 6) is 0.277. The number of carbonyl (C=O) groups is 1. The highest BCUT2D eigenvalue weighted by Crippen LogP contribution is 2.36. The normalized spacial score (nSPS) is 13.6. The summed E-state index contributed by atoms with van der Waals surface area (Å²) in [7, 11) is 1.65. The number of aryl methyl sites for hydroxylation is 2. The van der Waals surface area contributed by atoms with Crippen LogP contribution in [0.2, 0.25) is 0 Å². The second-order valence-corrected chi connectivity index (χ2v) is 10.8. The van der Waals surface area contributed by atoms with Crippen molar-refractivity contribution in [1.29, 1.82) is 0 Å². The number of nitrogens with zero attached hydrogens (tertiary/aromatic N) is 3. The molecule has 2 unspecified atom stereocenters. The van der Waals surface area contributed by atoms with Crippen molar-refractivity contribution in [3.8, 4) is 5.75 Å². The smallest absolute Gasteiger partial charge is 0.306 e. The van der Waals surface area contributed by atoms with E-state index in [-0.39, 0.29) is 24.5 Å². The summed E-state index contributed by atoms with van der Waals surface area (Å²) in [5, 5.41) is 19.5. The van der Waals surface area contributed by atoms with Gasteiger partial charge in [0.25, 0.3) is 0 Å². The van der Waals surface area contributed by atoms with Gasteiger partial charge in [-0.1, -0.05) is 55.0 Å². The van der Waals surface area contributed by atoms with E-state index in [1.165, 1.54) is 0 Å². The average molecular weight is 574 g/mol. The molecule has 42 heavy (non-hydrogen) atoms. The van der Waals surface area contributed by atoms with Gasteiger partial charge in [0.15, 0.2) is 6.23 Å². The molecule has 0 aliphatic rings. The Balaban J connectivity index is 1.70. The van der Waals surface area contributed by atoms with Gasteiger partial charge in [-0.05, 0) is 92.1 Å². The third-order valence-corrected chi connectivity index (χ3v) is 7.83. The van der Waals surface area contributed by atoms with E-state index in [0.29, 0.717) is 13.2 Å². The molecule has 1 heterocycles. The van der Waals surface area contributed by atoms with E-state index in [2.05, 4.69) is 23.3 Å². The molecule has 0 spiro atoms. The molecule has 8 heteroatoms. The third kappa shape index (κ3) is 7.17. The number of ether oxygens (including phenoxy) is 3. The lowest BCUT2D eigenvalue weighted by molar-refractivity contribution is -0.143. The molecule has 4 aromatic rings. The van der Waals surface area contributed by atoms with E-state index in [9.17, 15) is 9.90 Å². The van der Waals surface area contributed by atoms with E-state index >= 15 is 0 Å². The van der Waals surface area contributed by atoms with Gasteiger partial charge in [0, 0.05) is 5.92 Å². The number of fused-ring (bicyclic) bond motifs is 1. The standard InChI is InChI=1S/C34H43N3O5/c1-7-9-10-32(42-21-25-12-15-27(40-6)16-13-25)37-31-18-17-28(23(4)34(31)35-36-37)30(20-33(39)41-8-2)26-14-11-22(3)29(19-26)24(5)38/h11-19,24,30,32,38H,7-10,20-21H2,1-6H3/t24-,30?,32?/m0/s1. The molecule has 4 rings (SSSR count). The summed E-state index contributed by atoms with van der Waals surface area (Å²) < 4.78 is 18.9. The number of hydrogen-bond donors (Lipinski definition) is 1. The summed E-state index contributed by atoms with van der Waals surface area (Å²) in [5.41, 5.74) is 7.45. The molecule has 224 valence electrons. The van der Waals surface area contributed by atoms with Crippen molar-refractivity contribution < 1.29 is 24.1 Å². The zero-order valence-corrected chi connectivity index (χ0v) is 25.6. The van der Waals surface area contributed by atoms with Gasteiger partial charge < -0.3 is 19.3 Å². The second-order valence-electron chi connectivity index (χ2n) is 10.8. The first kappa shape index (κ1) is 31.2. The van der Waals surface area contributed by atoms with E-state index in [1.54, 1.807) is 14.0 Å². The van der Waals surface area contributed by atoms with Crippen LogP contribution in [0.1, 0.15) is 98.1 Å². The summed E-state index contributed by atoms with van der Waals surface area (Å²) in [6.45, 7) is 10.5. The number of unbranched alkanes of at least 4 members (excludes halogenated alkanes) is 1. The lowest BCUT2D eigenvalue weighted by atomic mass is 9.84. The van der Waals surface area contributed by atoms with Crippen LogP contribution in [0.25, 0.3) is 11.0 Å². The lowest BCUT2D eigenvalue weighted by Gasteiger charge is -2.22. The number of benzene rings is 3. The number of esters is 1. The lowest BCUT2D eigenvalue weighted by Crippen LogP contribution is -2.15. The van der Waals surface area contributed by atoms with Crippen LogP contribution in [0, 0.1) is 13.8 Å². The molecule has 0 aliphatic heterocycles. The summed E-state index contributed by atoms with van der Waals surface area (Å²) in [4.78, 5) is 12.8. The van der Waals surface area contributed by atoms with Crippen LogP contribution in [0.4, 0.5) is 0 Å². The highest BCUT2D eigenvalue weighted by Gasteiger charge is 2.25. The second kappa shape index (κ2) is 14.4. The van der Waals surface area contributed by atoms with Crippen LogP contribution < -0.4 is 4.74 Å². The van der Waals surface area contributed by atoms with Crippen LogP contribution in [-0.2, 0) is 20.9 Å². The van der Waals surface area contributed by atoms with Crippen molar-refractivity contribution in [3.63, 3.8) is 0 Å². The quantitative estimate of drug-likeness (QED) is 0.161. The molecule has 3 atom stereocenters. The van der Waals surface area contributed by atoms with Crippen LogP contribution in [0.5, 0.6) is 5.75 Å². The molecule has 0 bridgehead atoms. The Hall–Kier alpha value is -3.75. The third-order valence-electron chi connectivity index (χ3n) is 7.83. The molecular formula is C34H43N3O5. The van der Waals surface area contributed by atoms with Gasteiger partial charge in [-0.2, -0.15) is 0 Å². The highest BCUT2D eigenvalue weighted by atomic mass is 16.5. The van der Waals surface area contributed by atoms with Gasteiger partial charge in [0.2, 0.25) is 0 Å². The van der Waals surface area contributed by atoms with Gasteiger partial charge in [-0.25, -0.2) is 4.68 Å². The Morgan fingerprint density at radius 3 is 2.45 bits per heavy atom. The molecule has 0 radical (unpaired) electrons. The van der Waals surface area contributed by atoms with Gasteiger partial charge in [-0.15, -0.1) is 5.10 Å². The number of methoxy groups -OCH3 is 1. The fourth-order valence-electron chi connectivity index (χ4n) is 5.43. The predicted octanol–water partition coefficient (Wildman–Crippen LogP) is 7.10. The maximum Gasteiger partial charge on any atom is 0.306 e. The van der Waals surface area contributed by atoms with Crippen molar-refractivity contribution in [2.45, 2.75) is 85.2 Å². The number of rotatable bonds is 14. The number of aliphatic hydroxyl groups is 1. The van der Waals surface area contributed by atoms with Gasteiger partial charge in [-0.3, -0.25) is 4.79 Å².